The van der Waals surface area contributed by atoms with Crippen LogP contribution in [0.25, 0.3) is 0 Å². The Labute approximate surface area is 101 Å². The largest absolute Gasteiger partial charge is 0.478 e. The van der Waals surface area contributed by atoms with Gasteiger partial charge in [0.25, 0.3) is 0 Å². The van der Waals surface area contributed by atoms with Crippen LogP contribution in [0.2, 0.25) is 0 Å². The molecule has 0 atom stereocenters. The van der Waals surface area contributed by atoms with Crippen molar-refractivity contribution in [2.75, 3.05) is 12.4 Å². The van der Waals surface area contributed by atoms with Crippen LogP contribution in [0.15, 0.2) is 46.8 Å². The average molecular weight is 235 g/mol. The highest BCUT2D eigenvalue weighted by molar-refractivity contribution is 8.02. The third kappa shape index (κ3) is 5.03. The molecule has 0 saturated carbocycles. The van der Waals surface area contributed by atoms with E-state index in [-0.39, 0.29) is 0 Å². The van der Waals surface area contributed by atoms with Crippen molar-refractivity contribution in [3.63, 3.8) is 0 Å². The normalized spacial score (nSPS) is 12.0. The first-order valence-corrected chi connectivity index (χ1v) is 6.46. The summed E-state index contributed by atoms with van der Waals surface area (Å²) in [6, 6.07) is 9.82. The Hall–Kier alpha value is -1.22. The van der Waals surface area contributed by atoms with Crippen LogP contribution in [0.1, 0.15) is 13.8 Å². The molecule has 0 aliphatic carbocycles. The lowest BCUT2D eigenvalue weighted by atomic mass is 10.3. The molecule has 0 spiro atoms. The highest BCUT2D eigenvalue weighted by Crippen LogP contribution is 2.11. The van der Waals surface area contributed by atoms with Gasteiger partial charge in [-0.05, 0) is 30.2 Å². The number of rotatable bonds is 5. The molecule has 0 amide bonds. The summed E-state index contributed by atoms with van der Waals surface area (Å²) in [7, 11) is 0. The second-order valence-electron chi connectivity index (χ2n) is 2.98. The van der Waals surface area contributed by atoms with Crippen LogP contribution in [0.5, 0.6) is 0 Å². The van der Waals surface area contributed by atoms with Crippen LogP contribution >= 0.6 is 11.8 Å². The molecule has 0 unspecified atom stereocenters. The monoisotopic (exact) mass is 235 g/mol. The molecule has 86 valence electrons. The van der Waals surface area contributed by atoms with Gasteiger partial charge >= 0.3 is 0 Å². The molecule has 0 aromatic heterocycles. The van der Waals surface area contributed by atoms with Crippen molar-refractivity contribution < 1.29 is 4.74 Å². The Morgan fingerprint density at radius 2 is 2.06 bits per heavy atom. The summed E-state index contributed by atoms with van der Waals surface area (Å²) >= 11 is 1.73. The van der Waals surface area contributed by atoms with Crippen molar-refractivity contribution >= 4 is 23.3 Å². The molecule has 16 heavy (non-hydrogen) atoms. The Bertz CT molecular complexity index is 346. The van der Waals surface area contributed by atoms with Crippen LogP contribution in [-0.4, -0.2) is 18.3 Å². The standard InChI is InChI=1S/C13H17NOS/c1-3-15-13(10-11-16-4-2)14-12-8-6-5-7-9-12/h5-11H,3-4H2,1-2H3/b11-10+,14-13?. The first-order valence-electron chi connectivity index (χ1n) is 5.41. The van der Waals surface area contributed by atoms with Gasteiger partial charge in [0.2, 0.25) is 5.90 Å². The molecule has 0 saturated heterocycles. The molecule has 0 aliphatic rings. The highest BCUT2D eigenvalue weighted by Gasteiger charge is 1.94. The Balaban J connectivity index is 2.72. The molecule has 1 rings (SSSR count). The summed E-state index contributed by atoms with van der Waals surface area (Å²) < 4.78 is 5.44. The van der Waals surface area contributed by atoms with E-state index in [0.717, 1.165) is 11.4 Å². The minimum Gasteiger partial charge on any atom is -0.478 e. The van der Waals surface area contributed by atoms with Crippen molar-refractivity contribution in [3.05, 3.63) is 41.8 Å². The van der Waals surface area contributed by atoms with Gasteiger partial charge < -0.3 is 4.74 Å². The van der Waals surface area contributed by atoms with E-state index >= 15 is 0 Å². The zero-order chi connectivity index (χ0) is 11.6. The molecule has 2 nitrogen and oxygen atoms in total. The van der Waals surface area contributed by atoms with Gasteiger partial charge in [0.05, 0.1) is 12.3 Å². The van der Waals surface area contributed by atoms with Crippen LogP contribution in [0, 0.1) is 0 Å². The molecule has 0 heterocycles. The minimum absolute atomic E-state index is 0.632. The second-order valence-corrected chi connectivity index (χ2v) is 4.16. The lowest BCUT2D eigenvalue weighted by Crippen LogP contribution is -1.99. The number of nitrogens with zero attached hydrogens (tertiary/aromatic N) is 1. The summed E-state index contributed by atoms with van der Waals surface area (Å²) in [6.07, 6.45) is 1.91. The summed E-state index contributed by atoms with van der Waals surface area (Å²) in [4.78, 5) is 4.41. The van der Waals surface area contributed by atoms with Gasteiger partial charge in [-0.2, -0.15) is 0 Å². The molecule has 1 aromatic rings. The van der Waals surface area contributed by atoms with Crippen LogP contribution in [0.4, 0.5) is 5.69 Å². The predicted octanol–water partition coefficient (Wildman–Crippen LogP) is 4.02. The molecular formula is C13H17NOS. The van der Waals surface area contributed by atoms with Crippen LogP contribution in [-0.2, 0) is 4.74 Å². The zero-order valence-corrected chi connectivity index (χ0v) is 10.5. The van der Waals surface area contributed by atoms with Crippen molar-refractivity contribution in [1.82, 2.24) is 0 Å². The third-order valence-electron chi connectivity index (χ3n) is 1.76. The van der Waals surface area contributed by atoms with E-state index in [2.05, 4.69) is 11.9 Å². The lowest BCUT2D eigenvalue weighted by molar-refractivity contribution is 0.330. The molecule has 0 aliphatic heterocycles. The number of benzene rings is 1. The Morgan fingerprint density at radius 1 is 1.31 bits per heavy atom. The molecular weight excluding hydrogens is 218 g/mol. The first kappa shape index (κ1) is 12.8. The molecule has 3 heteroatoms. The fraction of sp³-hybridized carbons (Fsp3) is 0.308. The SMILES string of the molecule is CCOC(/C=C/SCC)=Nc1ccccc1. The third-order valence-corrected chi connectivity index (χ3v) is 2.42. The van der Waals surface area contributed by atoms with Gasteiger partial charge in [0.15, 0.2) is 0 Å². The number of aliphatic imine (C=N–C) groups is 1. The van der Waals surface area contributed by atoms with E-state index in [0.29, 0.717) is 12.5 Å². The average Bonchev–Trinajstić information content (AvgIpc) is 2.31. The summed E-state index contributed by atoms with van der Waals surface area (Å²) in [6.45, 7) is 4.71. The molecule has 0 N–H and O–H groups in total. The van der Waals surface area contributed by atoms with E-state index in [9.17, 15) is 0 Å². The highest BCUT2D eigenvalue weighted by atomic mass is 32.2. The first-order chi connectivity index (χ1) is 7.86. The van der Waals surface area contributed by atoms with Gasteiger partial charge in [-0.3, -0.25) is 0 Å². The van der Waals surface area contributed by atoms with Crippen LogP contribution < -0.4 is 0 Å². The predicted molar refractivity (Wildman–Crippen MR) is 72.4 cm³/mol. The second kappa shape index (κ2) is 7.99. The van der Waals surface area contributed by atoms with Gasteiger partial charge in [-0.1, -0.05) is 25.1 Å². The van der Waals surface area contributed by atoms with Crippen molar-refractivity contribution in [1.29, 1.82) is 0 Å². The maximum absolute atomic E-state index is 5.44. The number of hydrogen-bond donors (Lipinski definition) is 0. The van der Waals surface area contributed by atoms with Gasteiger partial charge in [0, 0.05) is 6.08 Å². The van der Waals surface area contributed by atoms with E-state index < -0.39 is 0 Å². The van der Waals surface area contributed by atoms with Gasteiger partial charge in [-0.15, -0.1) is 11.8 Å². The smallest absolute Gasteiger partial charge is 0.214 e. The minimum atomic E-state index is 0.632. The van der Waals surface area contributed by atoms with E-state index in [1.807, 2.05) is 48.7 Å². The van der Waals surface area contributed by atoms with Crippen LogP contribution in [0.3, 0.4) is 0 Å². The van der Waals surface area contributed by atoms with E-state index in [1.54, 1.807) is 11.8 Å². The summed E-state index contributed by atoms with van der Waals surface area (Å²) in [5.41, 5.74) is 0.914. The van der Waals surface area contributed by atoms with Gasteiger partial charge in [0.1, 0.15) is 0 Å². The Morgan fingerprint density at radius 3 is 2.69 bits per heavy atom. The maximum Gasteiger partial charge on any atom is 0.214 e. The lowest BCUT2D eigenvalue weighted by Gasteiger charge is -2.02. The number of para-hydroxylation sites is 1. The van der Waals surface area contributed by atoms with E-state index in [4.69, 9.17) is 4.74 Å². The number of ether oxygens (including phenoxy) is 1. The molecule has 1 aromatic carbocycles. The fourth-order valence-electron chi connectivity index (χ4n) is 1.10. The maximum atomic E-state index is 5.44. The summed E-state index contributed by atoms with van der Waals surface area (Å²) in [5.74, 6) is 1.72. The quantitative estimate of drug-likeness (QED) is 0.568. The van der Waals surface area contributed by atoms with Crippen molar-refractivity contribution in [2.45, 2.75) is 13.8 Å². The molecule has 0 radical (unpaired) electrons. The Kier molecular flexibility index (Phi) is 6.42. The number of hydrogen-bond acceptors (Lipinski definition) is 3. The van der Waals surface area contributed by atoms with Crippen molar-refractivity contribution in [2.24, 2.45) is 4.99 Å². The fourth-order valence-corrected chi connectivity index (χ4v) is 1.50. The van der Waals surface area contributed by atoms with Crippen molar-refractivity contribution in [3.8, 4) is 0 Å². The van der Waals surface area contributed by atoms with E-state index in [1.165, 1.54) is 0 Å². The molecule has 0 bridgehead atoms. The topological polar surface area (TPSA) is 21.6 Å². The molecule has 0 fully saturated rings. The number of thioether (sulfide) groups is 1. The zero-order valence-electron chi connectivity index (χ0n) is 9.72. The van der Waals surface area contributed by atoms with Gasteiger partial charge in [-0.25, -0.2) is 4.99 Å². The summed E-state index contributed by atoms with van der Waals surface area (Å²) in [5, 5.41) is 2.01.